The Bertz CT molecular complexity index is 1110. The van der Waals surface area contributed by atoms with Gasteiger partial charge in [-0.2, -0.15) is 0 Å². The number of nitrogens with zero attached hydrogens (tertiary/aromatic N) is 4. The van der Waals surface area contributed by atoms with Crippen LogP contribution in [-0.2, 0) is 0 Å². The summed E-state index contributed by atoms with van der Waals surface area (Å²) >= 11 is 0. The molecule has 1 fully saturated rings. The number of likely N-dealkylation sites (N-methyl/N-ethyl adjacent to an activating group) is 1. The number of anilines is 1. The first-order valence-corrected chi connectivity index (χ1v) is 10.7. The van der Waals surface area contributed by atoms with Gasteiger partial charge in [-0.15, -0.1) is 0 Å². The summed E-state index contributed by atoms with van der Waals surface area (Å²) in [5.41, 5.74) is 3.56. The molecule has 2 amide bonds. The number of aromatic nitrogens is 2. The number of benzene rings is 2. The number of rotatable bonds is 5. The van der Waals surface area contributed by atoms with Crippen LogP contribution in [0.2, 0.25) is 0 Å². The second-order valence-electron chi connectivity index (χ2n) is 8.24. The summed E-state index contributed by atoms with van der Waals surface area (Å²) in [5, 5.41) is 2.85. The van der Waals surface area contributed by atoms with E-state index in [4.69, 9.17) is 0 Å². The van der Waals surface area contributed by atoms with Crippen molar-refractivity contribution in [2.45, 2.75) is 19.4 Å². The van der Waals surface area contributed by atoms with E-state index in [1.807, 2.05) is 73.6 Å². The lowest BCUT2D eigenvalue weighted by molar-refractivity contribution is 0.0783. The molecular weight excluding hydrogens is 402 g/mol. The minimum Gasteiger partial charge on any atom is -0.337 e. The van der Waals surface area contributed by atoms with Crippen molar-refractivity contribution in [1.82, 2.24) is 19.8 Å². The minimum absolute atomic E-state index is 0.0406. The topological polar surface area (TPSA) is 78.4 Å². The number of amides is 2. The van der Waals surface area contributed by atoms with Gasteiger partial charge in [0.25, 0.3) is 11.8 Å². The van der Waals surface area contributed by atoms with Crippen LogP contribution in [0.25, 0.3) is 11.3 Å². The molecule has 1 N–H and O–H groups in total. The van der Waals surface area contributed by atoms with Gasteiger partial charge in [-0.1, -0.05) is 30.3 Å². The predicted molar refractivity (Wildman–Crippen MR) is 125 cm³/mol. The van der Waals surface area contributed by atoms with Crippen LogP contribution in [0.3, 0.4) is 0 Å². The van der Waals surface area contributed by atoms with E-state index in [1.165, 1.54) is 0 Å². The summed E-state index contributed by atoms with van der Waals surface area (Å²) in [6.45, 7) is 3.28. The first kappa shape index (κ1) is 21.6. The summed E-state index contributed by atoms with van der Waals surface area (Å²) < 4.78 is 0. The van der Waals surface area contributed by atoms with Crippen molar-refractivity contribution in [3.05, 3.63) is 77.7 Å². The van der Waals surface area contributed by atoms with Crippen LogP contribution in [-0.4, -0.2) is 64.8 Å². The number of hydrogen-bond donors (Lipinski definition) is 1. The van der Waals surface area contributed by atoms with Gasteiger partial charge in [0.15, 0.2) is 0 Å². The quantitative estimate of drug-likeness (QED) is 0.672. The van der Waals surface area contributed by atoms with Crippen LogP contribution in [0, 0.1) is 6.92 Å². The van der Waals surface area contributed by atoms with Crippen LogP contribution >= 0.6 is 0 Å². The molecule has 7 heteroatoms. The standard InChI is InChI=1S/C25H27N5O2/c1-17-23(24(31)27-20-7-5-4-6-8-20)28-22(15-26-17)18-9-11-19(12-10-18)25(32)30-14-13-21(16-30)29(2)3/h4-12,15,21H,13-14,16H2,1-3H3,(H,27,31)/t21-/m1/s1. The molecule has 1 aromatic heterocycles. The maximum absolute atomic E-state index is 12.9. The fourth-order valence-electron chi connectivity index (χ4n) is 3.83. The second kappa shape index (κ2) is 9.28. The van der Waals surface area contributed by atoms with E-state index in [-0.39, 0.29) is 17.5 Å². The van der Waals surface area contributed by atoms with E-state index in [2.05, 4.69) is 20.2 Å². The number of carbonyl (C=O) groups is 2. The van der Waals surface area contributed by atoms with Crippen molar-refractivity contribution in [3.63, 3.8) is 0 Å². The van der Waals surface area contributed by atoms with Gasteiger partial charge in [0.2, 0.25) is 0 Å². The molecule has 3 aromatic rings. The molecule has 1 aliphatic rings. The van der Waals surface area contributed by atoms with Crippen molar-refractivity contribution in [2.75, 3.05) is 32.5 Å². The van der Waals surface area contributed by atoms with Crippen LogP contribution in [0.5, 0.6) is 0 Å². The van der Waals surface area contributed by atoms with Crippen LogP contribution < -0.4 is 5.32 Å². The maximum atomic E-state index is 12.9. The Hall–Kier alpha value is -3.58. The van der Waals surface area contributed by atoms with E-state index < -0.39 is 0 Å². The predicted octanol–water partition coefficient (Wildman–Crippen LogP) is 3.48. The average molecular weight is 430 g/mol. The Morgan fingerprint density at radius 3 is 2.44 bits per heavy atom. The molecule has 4 rings (SSSR count). The van der Waals surface area contributed by atoms with Gasteiger partial charge in [-0.25, -0.2) is 4.98 Å². The molecule has 1 atom stereocenters. The fourth-order valence-corrected chi connectivity index (χ4v) is 3.83. The molecule has 0 unspecified atom stereocenters. The Morgan fingerprint density at radius 1 is 1.06 bits per heavy atom. The van der Waals surface area contributed by atoms with Crippen LogP contribution in [0.15, 0.2) is 60.8 Å². The summed E-state index contributed by atoms with van der Waals surface area (Å²) in [4.78, 5) is 38.5. The molecule has 164 valence electrons. The van der Waals surface area contributed by atoms with Crippen molar-refractivity contribution in [3.8, 4) is 11.3 Å². The molecule has 1 aliphatic heterocycles. The molecule has 2 aromatic carbocycles. The Kier molecular flexibility index (Phi) is 6.28. The maximum Gasteiger partial charge on any atom is 0.276 e. The molecule has 0 spiro atoms. The number of carbonyl (C=O) groups excluding carboxylic acids is 2. The Labute approximate surface area is 188 Å². The number of para-hydroxylation sites is 1. The summed E-state index contributed by atoms with van der Waals surface area (Å²) in [5.74, 6) is -0.266. The monoisotopic (exact) mass is 429 g/mol. The van der Waals surface area contributed by atoms with Crippen LogP contribution in [0.4, 0.5) is 5.69 Å². The molecule has 0 aliphatic carbocycles. The van der Waals surface area contributed by atoms with Gasteiger partial charge in [-0.3, -0.25) is 14.6 Å². The average Bonchev–Trinajstić information content (AvgIpc) is 3.30. The third-order valence-electron chi connectivity index (χ3n) is 5.81. The zero-order chi connectivity index (χ0) is 22.7. The third-order valence-corrected chi connectivity index (χ3v) is 5.81. The zero-order valence-electron chi connectivity index (χ0n) is 18.6. The lowest BCUT2D eigenvalue weighted by Gasteiger charge is -2.20. The molecular formula is C25H27N5O2. The molecule has 0 bridgehead atoms. The van der Waals surface area contributed by atoms with Crippen molar-refractivity contribution < 1.29 is 9.59 Å². The highest BCUT2D eigenvalue weighted by atomic mass is 16.2. The molecule has 0 saturated carbocycles. The highest BCUT2D eigenvalue weighted by Crippen LogP contribution is 2.21. The Morgan fingerprint density at radius 2 is 1.78 bits per heavy atom. The van der Waals surface area contributed by atoms with E-state index >= 15 is 0 Å². The van der Waals surface area contributed by atoms with E-state index in [0.29, 0.717) is 28.7 Å². The number of nitrogens with one attached hydrogen (secondary N) is 1. The highest BCUT2D eigenvalue weighted by Gasteiger charge is 2.28. The van der Waals surface area contributed by atoms with Crippen molar-refractivity contribution >= 4 is 17.5 Å². The normalized spacial score (nSPS) is 15.8. The fraction of sp³-hybridized carbons (Fsp3) is 0.280. The van der Waals surface area contributed by atoms with Gasteiger partial charge in [0.1, 0.15) is 5.69 Å². The second-order valence-corrected chi connectivity index (χ2v) is 8.24. The third kappa shape index (κ3) is 4.68. The number of hydrogen-bond acceptors (Lipinski definition) is 5. The lowest BCUT2D eigenvalue weighted by Crippen LogP contribution is -2.34. The van der Waals surface area contributed by atoms with Gasteiger partial charge < -0.3 is 15.1 Å². The zero-order valence-corrected chi connectivity index (χ0v) is 18.6. The first-order valence-electron chi connectivity index (χ1n) is 10.7. The van der Waals surface area contributed by atoms with Gasteiger partial charge in [-0.05, 0) is 51.7 Å². The van der Waals surface area contributed by atoms with Crippen LogP contribution in [0.1, 0.15) is 33.0 Å². The largest absolute Gasteiger partial charge is 0.337 e. The smallest absolute Gasteiger partial charge is 0.276 e. The molecule has 0 radical (unpaired) electrons. The lowest BCUT2D eigenvalue weighted by atomic mass is 10.1. The first-order chi connectivity index (χ1) is 15.4. The van der Waals surface area contributed by atoms with Crippen molar-refractivity contribution in [1.29, 1.82) is 0 Å². The van der Waals surface area contributed by atoms with Gasteiger partial charge >= 0.3 is 0 Å². The van der Waals surface area contributed by atoms with Crippen molar-refractivity contribution in [2.24, 2.45) is 0 Å². The van der Waals surface area contributed by atoms with Gasteiger partial charge in [0, 0.05) is 35.9 Å². The van der Waals surface area contributed by atoms with E-state index in [1.54, 1.807) is 13.1 Å². The summed E-state index contributed by atoms with van der Waals surface area (Å²) in [6.07, 6.45) is 2.64. The number of aryl methyl sites for hydroxylation is 1. The highest BCUT2D eigenvalue weighted by molar-refractivity contribution is 6.03. The molecule has 7 nitrogen and oxygen atoms in total. The van der Waals surface area contributed by atoms with Gasteiger partial charge in [0.05, 0.1) is 17.6 Å². The minimum atomic E-state index is -0.306. The van der Waals surface area contributed by atoms with E-state index in [0.717, 1.165) is 25.1 Å². The number of likely N-dealkylation sites (tertiary alicyclic amines) is 1. The molecule has 2 heterocycles. The molecule has 1 saturated heterocycles. The summed E-state index contributed by atoms with van der Waals surface area (Å²) in [7, 11) is 4.09. The van der Waals surface area contributed by atoms with E-state index in [9.17, 15) is 9.59 Å². The summed E-state index contributed by atoms with van der Waals surface area (Å²) in [6, 6.07) is 17.0. The molecule has 32 heavy (non-hydrogen) atoms. The Balaban J connectivity index is 1.50. The SMILES string of the molecule is Cc1ncc(-c2ccc(C(=O)N3CC[C@@H](N(C)C)C3)cc2)nc1C(=O)Nc1ccccc1.